The molecule has 124 valence electrons. The molecule has 1 aliphatic heterocycles. The van der Waals surface area contributed by atoms with Crippen LogP contribution < -0.4 is 5.32 Å². The van der Waals surface area contributed by atoms with Crippen molar-refractivity contribution < 1.29 is 14.3 Å². The number of hydrogen-bond donors (Lipinski definition) is 1. The predicted molar refractivity (Wildman–Crippen MR) is 85.0 cm³/mol. The van der Waals surface area contributed by atoms with Crippen molar-refractivity contribution in [2.45, 2.75) is 42.1 Å². The molecular formula is C15H20N4O3S. The average Bonchev–Trinajstić information content (AvgIpc) is 2.95. The van der Waals surface area contributed by atoms with E-state index in [0.717, 1.165) is 30.8 Å². The average molecular weight is 336 g/mol. The van der Waals surface area contributed by atoms with Crippen molar-refractivity contribution in [3.05, 3.63) is 18.5 Å². The quantitative estimate of drug-likeness (QED) is 0.819. The minimum absolute atomic E-state index is 0.0887. The van der Waals surface area contributed by atoms with Crippen LogP contribution in [-0.4, -0.2) is 57.9 Å². The summed E-state index contributed by atoms with van der Waals surface area (Å²) in [4.78, 5) is 33.2. The Hall–Kier alpha value is -1.83. The first kappa shape index (κ1) is 16.0. The molecule has 0 unspecified atom stereocenters. The Morgan fingerprint density at radius 2 is 2.04 bits per heavy atom. The fourth-order valence-electron chi connectivity index (χ4n) is 2.84. The van der Waals surface area contributed by atoms with Gasteiger partial charge in [0.15, 0.2) is 5.16 Å². The van der Waals surface area contributed by atoms with Crippen LogP contribution in [0.5, 0.6) is 0 Å². The van der Waals surface area contributed by atoms with Gasteiger partial charge >= 0.3 is 6.09 Å². The molecule has 1 aromatic rings. The third-order valence-electron chi connectivity index (χ3n) is 4.03. The van der Waals surface area contributed by atoms with Crippen LogP contribution in [0.3, 0.4) is 0 Å². The van der Waals surface area contributed by atoms with Gasteiger partial charge in [-0.15, -0.1) is 0 Å². The van der Waals surface area contributed by atoms with Crippen LogP contribution in [-0.2, 0) is 9.53 Å². The monoisotopic (exact) mass is 336 g/mol. The molecule has 2 aliphatic rings. The first-order valence-corrected chi connectivity index (χ1v) is 8.73. The van der Waals surface area contributed by atoms with E-state index in [1.54, 1.807) is 24.2 Å². The molecule has 0 bridgehead atoms. The molecule has 1 saturated heterocycles. The number of hydrogen-bond acceptors (Lipinski definition) is 6. The van der Waals surface area contributed by atoms with Gasteiger partial charge in [-0.1, -0.05) is 11.8 Å². The van der Waals surface area contributed by atoms with Gasteiger partial charge in [-0.3, -0.25) is 9.69 Å². The van der Waals surface area contributed by atoms with Gasteiger partial charge in [-0.05, 0) is 31.7 Å². The van der Waals surface area contributed by atoms with Gasteiger partial charge in [0.05, 0.1) is 6.54 Å². The summed E-state index contributed by atoms with van der Waals surface area (Å²) in [5, 5.41) is 4.33. The standard InChI is InChI=1S/C15H20N4O3S/c20-13(10-19-8-9-22-15(19)21)18-11-2-4-12(5-3-11)23-14-16-6-1-7-17-14/h1,6-7,11-12H,2-5,8-10H2,(H,18,20). The zero-order valence-electron chi connectivity index (χ0n) is 12.8. The van der Waals surface area contributed by atoms with Gasteiger partial charge < -0.3 is 10.1 Å². The SMILES string of the molecule is O=C(CN1CCOC1=O)NC1CCC(Sc2ncccn2)CC1. The van der Waals surface area contributed by atoms with Crippen molar-refractivity contribution in [1.82, 2.24) is 20.2 Å². The topological polar surface area (TPSA) is 84.4 Å². The summed E-state index contributed by atoms with van der Waals surface area (Å²) in [6, 6.07) is 2.00. The summed E-state index contributed by atoms with van der Waals surface area (Å²) < 4.78 is 4.82. The van der Waals surface area contributed by atoms with Crippen LogP contribution in [0.4, 0.5) is 4.79 Å². The van der Waals surface area contributed by atoms with Gasteiger partial charge in [-0.2, -0.15) is 0 Å². The maximum Gasteiger partial charge on any atom is 0.410 e. The first-order valence-electron chi connectivity index (χ1n) is 7.85. The molecule has 7 nitrogen and oxygen atoms in total. The zero-order chi connectivity index (χ0) is 16.1. The largest absolute Gasteiger partial charge is 0.448 e. The molecule has 1 aromatic heterocycles. The highest BCUT2D eigenvalue weighted by atomic mass is 32.2. The number of thioether (sulfide) groups is 1. The van der Waals surface area contributed by atoms with E-state index in [1.165, 1.54) is 4.90 Å². The number of nitrogens with one attached hydrogen (secondary N) is 1. The summed E-state index contributed by atoms with van der Waals surface area (Å²) in [7, 11) is 0. The minimum Gasteiger partial charge on any atom is -0.448 e. The lowest BCUT2D eigenvalue weighted by Gasteiger charge is -2.28. The van der Waals surface area contributed by atoms with E-state index in [-0.39, 0.29) is 18.5 Å². The molecule has 2 heterocycles. The lowest BCUT2D eigenvalue weighted by Crippen LogP contribution is -2.44. The molecule has 0 spiro atoms. The molecule has 23 heavy (non-hydrogen) atoms. The Morgan fingerprint density at radius 3 is 2.70 bits per heavy atom. The molecule has 0 aromatic carbocycles. The highest BCUT2D eigenvalue weighted by Crippen LogP contribution is 2.31. The number of rotatable bonds is 5. The number of ether oxygens (including phenoxy) is 1. The van der Waals surface area contributed by atoms with Gasteiger partial charge in [0, 0.05) is 23.7 Å². The van der Waals surface area contributed by atoms with Crippen LogP contribution in [0, 0.1) is 0 Å². The van der Waals surface area contributed by atoms with Crippen LogP contribution in [0.15, 0.2) is 23.6 Å². The van der Waals surface area contributed by atoms with Crippen molar-refractivity contribution in [2.24, 2.45) is 0 Å². The van der Waals surface area contributed by atoms with E-state index in [2.05, 4.69) is 15.3 Å². The summed E-state index contributed by atoms with van der Waals surface area (Å²) in [6.45, 7) is 0.952. The van der Waals surface area contributed by atoms with Crippen LogP contribution in [0.2, 0.25) is 0 Å². The van der Waals surface area contributed by atoms with Gasteiger partial charge in [0.1, 0.15) is 13.2 Å². The van der Waals surface area contributed by atoms with Crippen molar-refractivity contribution in [1.29, 1.82) is 0 Å². The third kappa shape index (κ3) is 4.57. The fraction of sp³-hybridized carbons (Fsp3) is 0.600. The molecule has 1 N–H and O–H groups in total. The van der Waals surface area contributed by atoms with E-state index in [1.807, 2.05) is 6.07 Å². The molecule has 1 aliphatic carbocycles. The second-order valence-electron chi connectivity index (χ2n) is 5.73. The van der Waals surface area contributed by atoms with Crippen molar-refractivity contribution in [3.63, 3.8) is 0 Å². The van der Waals surface area contributed by atoms with E-state index < -0.39 is 6.09 Å². The smallest absolute Gasteiger partial charge is 0.410 e. The number of amides is 2. The molecular weight excluding hydrogens is 316 g/mol. The number of carbonyl (C=O) groups is 2. The molecule has 2 fully saturated rings. The van der Waals surface area contributed by atoms with Gasteiger partial charge in [0.25, 0.3) is 0 Å². The highest BCUT2D eigenvalue weighted by molar-refractivity contribution is 7.99. The van der Waals surface area contributed by atoms with E-state index >= 15 is 0 Å². The maximum absolute atomic E-state index is 12.0. The van der Waals surface area contributed by atoms with Crippen molar-refractivity contribution in [2.75, 3.05) is 19.7 Å². The number of nitrogens with zero attached hydrogens (tertiary/aromatic N) is 3. The number of cyclic esters (lactones) is 1. The van der Waals surface area contributed by atoms with Crippen LogP contribution in [0.1, 0.15) is 25.7 Å². The third-order valence-corrected chi connectivity index (χ3v) is 5.26. The van der Waals surface area contributed by atoms with Crippen molar-refractivity contribution >= 4 is 23.8 Å². The molecule has 0 atom stereocenters. The second kappa shape index (κ2) is 7.63. The number of carbonyl (C=O) groups excluding carboxylic acids is 2. The lowest BCUT2D eigenvalue weighted by molar-refractivity contribution is -0.122. The van der Waals surface area contributed by atoms with Gasteiger partial charge in [0.2, 0.25) is 5.91 Å². The summed E-state index contributed by atoms with van der Waals surface area (Å²) in [5.41, 5.74) is 0. The molecule has 0 radical (unpaired) electrons. The summed E-state index contributed by atoms with van der Waals surface area (Å²) in [5.74, 6) is -0.105. The van der Waals surface area contributed by atoms with Gasteiger partial charge in [-0.25, -0.2) is 14.8 Å². The van der Waals surface area contributed by atoms with Crippen LogP contribution >= 0.6 is 11.8 Å². The Balaban J connectivity index is 1.39. The second-order valence-corrected chi connectivity index (χ2v) is 6.99. The predicted octanol–water partition coefficient (Wildman–Crippen LogP) is 1.45. The summed E-state index contributed by atoms with van der Waals surface area (Å²) in [6.07, 6.45) is 7.05. The zero-order valence-corrected chi connectivity index (χ0v) is 13.6. The van der Waals surface area contributed by atoms with Crippen LogP contribution in [0.25, 0.3) is 0 Å². The fourth-order valence-corrected chi connectivity index (χ4v) is 3.89. The molecule has 1 saturated carbocycles. The Labute approximate surface area is 139 Å². The minimum atomic E-state index is -0.400. The highest BCUT2D eigenvalue weighted by Gasteiger charge is 2.27. The van der Waals surface area contributed by atoms with E-state index in [0.29, 0.717) is 18.4 Å². The normalized spacial score (nSPS) is 24.3. The Kier molecular flexibility index (Phi) is 5.32. The Bertz CT molecular complexity index is 549. The van der Waals surface area contributed by atoms with E-state index in [4.69, 9.17) is 4.74 Å². The number of aromatic nitrogens is 2. The molecule has 2 amide bonds. The Morgan fingerprint density at radius 1 is 1.30 bits per heavy atom. The molecule has 3 rings (SSSR count). The van der Waals surface area contributed by atoms with Crippen molar-refractivity contribution in [3.8, 4) is 0 Å². The van der Waals surface area contributed by atoms with E-state index in [9.17, 15) is 9.59 Å². The maximum atomic E-state index is 12.0. The first-order chi connectivity index (χ1) is 11.2. The summed E-state index contributed by atoms with van der Waals surface area (Å²) >= 11 is 1.71. The molecule has 8 heteroatoms. The lowest BCUT2D eigenvalue weighted by atomic mass is 9.95.